The number of carboxylic acids is 3. The Morgan fingerprint density at radius 3 is 0.797 bits per heavy atom. The van der Waals surface area contributed by atoms with Gasteiger partial charge in [0, 0.05) is 17.9 Å². The second-order valence-corrected chi connectivity index (χ2v) is 24.5. The Morgan fingerprint density at radius 2 is 0.582 bits per heavy atom. The molecule has 12 heteroatoms. The second-order valence-electron chi connectivity index (χ2n) is 21.7. The van der Waals surface area contributed by atoms with Gasteiger partial charge in [-0.2, -0.15) is 37.9 Å². The number of hydrogen-bond acceptors (Lipinski definition) is 11. The Balaban J connectivity index is -0.000000491. The fourth-order valence-corrected chi connectivity index (χ4v) is 10.5. The zero-order chi connectivity index (χ0) is 59.3. The number of carboxylic acid groups (broad SMARTS) is 3. The van der Waals surface area contributed by atoms with E-state index in [1.165, 1.54) is 196 Å². The Labute approximate surface area is 519 Å². The van der Waals surface area contributed by atoms with Crippen molar-refractivity contribution in [1.29, 1.82) is 0 Å². The zero-order valence-corrected chi connectivity index (χ0v) is 57.2. The molecule has 0 aromatic carbocycles. The van der Waals surface area contributed by atoms with Crippen LogP contribution in [0.5, 0.6) is 0 Å². The van der Waals surface area contributed by atoms with Crippen LogP contribution >= 0.6 is 37.9 Å². The van der Waals surface area contributed by atoms with Gasteiger partial charge in [-0.3, -0.25) is 0 Å². The molecule has 3 unspecified atom stereocenters. The standard InChI is InChI=1S/3C20H38O2S.C7H13O2.Sn/c3*1-2-3-4-5-6-7-8-9-10-11-12-13-14-15-16-19(17-18-23)20(21)22;1-3-5-6-9-7(8)4-2;/h3*9-10,19,23H,2-8,11-18H2,1H3,(H,21,22);2-6H2,1H3;/q;;;;+3/p-3/b3*10-9-;;. The Kier molecular flexibility index (Phi) is 80.1. The number of esters is 1. The Hall–Kier alpha value is -1.05. The van der Waals surface area contributed by atoms with Gasteiger partial charge in [0.15, 0.2) is 0 Å². The second kappa shape index (κ2) is 75.0. The van der Waals surface area contributed by atoms with Gasteiger partial charge in [0.05, 0.1) is 0 Å². The molecule has 0 spiro atoms. The van der Waals surface area contributed by atoms with E-state index in [0.29, 0.717) is 49.5 Å². The maximum absolute atomic E-state index is 10.9. The van der Waals surface area contributed by atoms with E-state index in [4.69, 9.17) is 4.74 Å². The summed E-state index contributed by atoms with van der Waals surface area (Å²) in [6.07, 6.45) is 66.1. The number of ether oxygens (including phenoxy) is 1. The number of carbonyl (C=O) groups is 4. The van der Waals surface area contributed by atoms with Gasteiger partial charge in [-0.05, 0) is 151 Å². The van der Waals surface area contributed by atoms with Gasteiger partial charge in [0.1, 0.15) is 0 Å². The molecule has 0 amide bonds. The van der Waals surface area contributed by atoms with Crippen molar-refractivity contribution in [2.45, 2.75) is 321 Å². The van der Waals surface area contributed by atoms with Crippen LogP contribution in [0, 0.1) is 17.8 Å². The van der Waals surface area contributed by atoms with E-state index in [1.54, 1.807) is 0 Å². The van der Waals surface area contributed by atoms with E-state index in [2.05, 4.69) is 102 Å². The van der Waals surface area contributed by atoms with Crippen molar-refractivity contribution in [2.24, 2.45) is 17.8 Å². The average Bonchev–Trinajstić information content (AvgIpc) is 3.42. The molecule has 462 valence electrons. The van der Waals surface area contributed by atoms with Crippen LogP contribution in [0.2, 0.25) is 4.44 Å². The fourth-order valence-electron chi connectivity index (χ4n) is 8.97. The third-order valence-corrected chi connectivity index (χ3v) is 15.7. The quantitative estimate of drug-likeness (QED) is 0.0179. The summed E-state index contributed by atoms with van der Waals surface area (Å²) in [6, 6.07) is 0. The molecule has 0 fully saturated rings. The van der Waals surface area contributed by atoms with Gasteiger partial charge in [0.25, 0.3) is 0 Å². The first-order valence-corrected chi connectivity index (χ1v) is 36.6. The van der Waals surface area contributed by atoms with Crippen molar-refractivity contribution in [2.75, 3.05) is 23.9 Å². The molecule has 0 aromatic rings. The van der Waals surface area contributed by atoms with E-state index in [-0.39, 0.29) is 23.7 Å². The molecule has 0 N–H and O–H groups in total. The molecule has 0 radical (unpaired) electrons. The molecule has 0 saturated heterocycles. The first kappa shape index (κ1) is 84.4. The Bertz CT molecular complexity index is 1210. The number of hydrogen-bond donors (Lipinski definition) is 3. The van der Waals surface area contributed by atoms with Crippen molar-refractivity contribution in [1.82, 2.24) is 0 Å². The molecule has 0 aliphatic rings. The minimum atomic E-state index is -0.906. The predicted octanol–water partition coefficient (Wildman–Crippen LogP) is 17.3. The molecule has 0 aliphatic carbocycles. The SMILES string of the molecule is CCCCCCCC/C=C\CCCCCCC(CCS)C(=O)[O-].CCCCCCCC/C=C\CCCCCCC(CCS)C(=O)[O-].CCCCCCCC/C=C\CCCCCCC(CCS)C(=O)[O-].CCCCOC(=O)C[CH2][Sn+3]. The van der Waals surface area contributed by atoms with E-state index >= 15 is 0 Å². The van der Waals surface area contributed by atoms with Crippen LogP contribution in [0.4, 0.5) is 0 Å². The molecule has 0 saturated carbocycles. The number of unbranched alkanes of at least 4 members (excludes halogenated alkanes) is 31. The van der Waals surface area contributed by atoms with Crippen LogP contribution in [-0.2, 0) is 23.9 Å². The predicted molar refractivity (Wildman–Crippen MR) is 346 cm³/mol. The van der Waals surface area contributed by atoms with Gasteiger partial charge >= 0.3 is 75.3 Å². The molecule has 0 rings (SSSR count). The molecule has 79 heavy (non-hydrogen) atoms. The van der Waals surface area contributed by atoms with E-state index in [0.717, 1.165) is 94.3 Å². The van der Waals surface area contributed by atoms with Gasteiger partial charge in [-0.25, -0.2) is 0 Å². The van der Waals surface area contributed by atoms with Crippen LogP contribution in [0.15, 0.2) is 36.5 Å². The van der Waals surface area contributed by atoms with Crippen LogP contribution in [0.25, 0.3) is 0 Å². The summed E-state index contributed by atoms with van der Waals surface area (Å²) < 4.78 is 5.87. The summed E-state index contributed by atoms with van der Waals surface area (Å²) in [4.78, 5) is 43.4. The van der Waals surface area contributed by atoms with Gasteiger partial charge in [-0.15, -0.1) is 0 Å². The summed E-state index contributed by atoms with van der Waals surface area (Å²) >= 11 is 13.7. The van der Waals surface area contributed by atoms with E-state index in [1.807, 2.05) is 0 Å². The maximum atomic E-state index is 10.9. The number of carbonyl (C=O) groups excluding carboxylic acids is 4. The van der Waals surface area contributed by atoms with Crippen LogP contribution in [-0.4, -0.2) is 70.3 Å². The third-order valence-electron chi connectivity index (χ3n) is 14.2. The van der Waals surface area contributed by atoms with Crippen molar-refractivity contribution < 1.29 is 39.2 Å². The molecule has 0 aromatic heterocycles. The van der Waals surface area contributed by atoms with E-state index in [9.17, 15) is 34.5 Å². The zero-order valence-electron chi connectivity index (χ0n) is 51.7. The fraction of sp³-hybridized carbons (Fsp3) is 0.851. The molecule has 8 nitrogen and oxygen atoms in total. The summed E-state index contributed by atoms with van der Waals surface area (Å²) in [5.41, 5.74) is 0. The molecule has 0 bridgehead atoms. The average molecular weight is 1270 g/mol. The molecular formula is C67H124O8S3Sn. The molecular weight excluding hydrogens is 1150 g/mol. The van der Waals surface area contributed by atoms with Crippen molar-refractivity contribution >= 4 is 84.3 Å². The number of aliphatic carboxylic acids is 3. The molecule has 0 aliphatic heterocycles. The first-order valence-electron chi connectivity index (χ1n) is 32.7. The summed E-state index contributed by atoms with van der Waals surface area (Å²) in [5.74, 6) is -1.78. The van der Waals surface area contributed by atoms with Gasteiger partial charge in [-0.1, -0.05) is 211 Å². The summed E-state index contributed by atoms with van der Waals surface area (Å²) in [7, 11) is 0. The number of rotatable bonds is 56. The normalized spacial score (nSPS) is 12.4. The minimum absolute atomic E-state index is 0.0368. The molecule has 0 heterocycles. The summed E-state index contributed by atoms with van der Waals surface area (Å²) in [6.45, 7) is 9.45. The summed E-state index contributed by atoms with van der Waals surface area (Å²) in [5, 5.41) is 32.7. The topological polar surface area (TPSA) is 147 Å². The van der Waals surface area contributed by atoms with Crippen LogP contribution < -0.4 is 15.3 Å². The van der Waals surface area contributed by atoms with E-state index < -0.39 is 17.9 Å². The van der Waals surface area contributed by atoms with Crippen molar-refractivity contribution in [3.63, 3.8) is 0 Å². The van der Waals surface area contributed by atoms with Crippen molar-refractivity contribution in [3.8, 4) is 0 Å². The number of allylic oxidation sites excluding steroid dienone is 6. The van der Waals surface area contributed by atoms with Crippen molar-refractivity contribution in [3.05, 3.63) is 36.5 Å². The van der Waals surface area contributed by atoms with Crippen LogP contribution in [0.1, 0.15) is 317 Å². The van der Waals surface area contributed by atoms with Gasteiger partial charge in [0.2, 0.25) is 0 Å². The third kappa shape index (κ3) is 74.9. The van der Waals surface area contributed by atoms with Crippen LogP contribution in [0.3, 0.4) is 0 Å². The number of thiol groups is 3. The molecule has 3 atom stereocenters. The Morgan fingerprint density at radius 1 is 0.354 bits per heavy atom. The van der Waals surface area contributed by atoms with Gasteiger partial charge < -0.3 is 29.7 Å². The first-order chi connectivity index (χ1) is 38.5. The monoisotopic (exact) mass is 1270 g/mol.